The summed E-state index contributed by atoms with van der Waals surface area (Å²) in [5.74, 6) is -2.85. The molecule has 2 N–H and O–H groups in total. The summed E-state index contributed by atoms with van der Waals surface area (Å²) in [5.41, 5.74) is 5.38. The number of esters is 1. The molecule has 1 heterocycles. The topological polar surface area (TPSA) is 70.1 Å². The van der Waals surface area contributed by atoms with Crippen molar-refractivity contribution in [2.75, 3.05) is 5.73 Å². The lowest BCUT2D eigenvalue weighted by Gasteiger charge is -2.07. The van der Waals surface area contributed by atoms with Gasteiger partial charge in [-0.1, -0.05) is 11.6 Å². The molecule has 2 aromatic rings. The number of aryl methyl sites for hydroxylation is 2. The summed E-state index contributed by atoms with van der Waals surface area (Å²) in [7, 11) is 1.63. The van der Waals surface area contributed by atoms with E-state index < -0.39 is 23.2 Å². The zero-order chi connectivity index (χ0) is 15.7. The van der Waals surface area contributed by atoms with E-state index in [2.05, 4.69) is 5.10 Å². The molecule has 0 aliphatic rings. The highest BCUT2D eigenvalue weighted by Gasteiger charge is 2.19. The average Bonchev–Trinajstić information content (AvgIpc) is 2.65. The van der Waals surface area contributed by atoms with Gasteiger partial charge in [-0.05, 0) is 13.0 Å². The van der Waals surface area contributed by atoms with Crippen molar-refractivity contribution in [1.82, 2.24) is 9.78 Å². The van der Waals surface area contributed by atoms with E-state index in [4.69, 9.17) is 22.1 Å². The van der Waals surface area contributed by atoms with Gasteiger partial charge in [0.05, 0.1) is 16.9 Å². The number of hydrogen-bond donors (Lipinski definition) is 1. The number of ether oxygens (including phenoxy) is 1. The van der Waals surface area contributed by atoms with E-state index in [1.165, 1.54) is 4.68 Å². The maximum atomic E-state index is 13.6. The third-order valence-electron chi connectivity index (χ3n) is 2.92. The number of carbonyl (C=O) groups excluding carboxylic acids is 1. The van der Waals surface area contributed by atoms with Gasteiger partial charge in [-0.15, -0.1) is 0 Å². The molecule has 0 atom stereocenters. The van der Waals surface area contributed by atoms with Crippen LogP contribution < -0.4 is 5.73 Å². The minimum absolute atomic E-state index is 0.192. The monoisotopic (exact) mass is 315 g/mol. The van der Waals surface area contributed by atoms with Gasteiger partial charge in [0, 0.05) is 18.7 Å². The van der Waals surface area contributed by atoms with Crippen LogP contribution in [0.3, 0.4) is 0 Å². The summed E-state index contributed by atoms with van der Waals surface area (Å²) in [6.07, 6.45) is 0. The molecule has 1 aromatic carbocycles. The predicted octanol–water partition coefficient (Wildman–Crippen LogP) is 2.60. The lowest BCUT2D eigenvalue weighted by molar-refractivity contribution is 0.0466. The Bertz CT molecular complexity index is 716. The van der Waals surface area contributed by atoms with Crippen LogP contribution in [0.15, 0.2) is 12.1 Å². The van der Waals surface area contributed by atoms with Crippen molar-refractivity contribution in [3.05, 3.63) is 45.7 Å². The highest BCUT2D eigenvalue weighted by atomic mass is 35.5. The minimum Gasteiger partial charge on any atom is -0.457 e. The Morgan fingerprint density at radius 3 is 2.67 bits per heavy atom. The van der Waals surface area contributed by atoms with Gasteiger partial charge < -0.3 is 10.5 Å². The number of rotatable bonds is 3. The molecule has 0 bridgehead atoms. The molecule has 0 radical (unpaired) electrons. The van der Waals surface area contributed by atoms with E-state index in [0.29, 0.717) is 22.5 Å². The van der Waals surface area contributed by atoms with Crippen molar-refractivity contribution >= 4 is 23.3 Å². The van der Waals surface area contributed by atoms with E-state index in [1.54, 1.807) is 14.0 Å². The number of hydrogen-bond acceptors (Lipinski definition) is 4. The van der Waals surface area contributed by atoms with Crippen molar-refractivity contribution < 1.29 is 18.3 Å². The molecule has 112 valence electrons. The lowest BCUT2D eigenvalue weighted by Crippen LogP contribution is -2.09. The van der Waals surface area contributed by atoms with Crippen LogP contribution in [0, 0.1) is 18.6 Å². The standard InChI is InChI=1S/C13H12ClF2N3O2/c1-6-8(12(14)19(2)18-6)5-21-13(20)7-3-10(16)11(17)4-9(7)15/h3-4H,5,17H2,1-2H3. The molecule has 21 heavy (non-hydrogen) atoms. The number of carbonyl (C=O) groups is 1. The van der Waals surface area contributed by atoms with Crippen LogP contribution in [0.1, 0.15) is 21.6 Å². The summed E-state index contributed by atoms with van der Waals surface area (Å²) in [5, 5.41) is 4.36. The SMILES string of the molecule is Cc1nn(C)c(Cl)c1COC(=O)c1cc(F)c(N)cc1F. The van der Waals surface area contributed by atoms with Crippen LogP contribution >= 0.6 is 11.6 Å². The number of nitrogen functional groups attached to an aromatic ring is 1. The molecule has 2 rings (SSSR count). The van der Waals surface area contributed by atoms with E-state index in [9.17, 15) is 13.6 Å². The molecule has 1 aromatic heterocycles. The van der Waals surface area contributed by atoms with E-state index in [1.807, 2.05) is 0 Å². The second-order valence-corrected chi connectivity index (χ2v) is 4.77. The molecule has 0 fully saturated rings. The Labute approximate surface area is 124 Å². The highest BCUT2D eigenvalue weighted by molar-refractivity contribution is 6.30. The normalized spacial score (nSPS) is 10.7. The summed E-state index contributed by atoms with van der Waals surface area (Å²) in [6, 6.07) is 1.43. The fourth-order valence-electron chi connectivity index (χ4n) is 1.77. The fourth-order valence-corrected chi connectivity index (χ4v) is 2.00. The molecule has 0 saturated heterocycles. The molecule has 0 aliphatic carbocycles. The van der Waals surface area contributed by atoms with Crippen LogP contribution in [0.4, 0.5) is 14.5 Å². The zero-order valence-electron chi connectivity index (χ0n) is 11.3. The van der Waals surface area contributed by atoms with Gasteiger partial charge in [-0.25, -0.2) is 13.6 Å². The van der Waals surface area contributed by atoms with Gasteiger partial charge in [0.25, 0.3) is 0 Å². The Balaban J connectivity index is 2.17. The number of halogens is 3. The first-order valence-electron chi connectivity index (χ1n) is 5.91. The molecule has 8 heteroatoms. The first-order valence-corrected chi connectivity index (χ1v) is 6.28. The number of nitrogens with two attached hydrogens (primary N) is 1. The van der Waals surface area contributed by atoms with Gasteiger partial charge in [0.1, 0.15) is 23.4 Å². The first-order chi connectivity index (χ1) is 9.81. The molecule has 0 saturated carbocycles. The number of benzene rings is 1. The Hall–Kier alpha value is -2.15. The Kier molecular flexibility index (Phi) is 4.13. The largest absolute Gasteiger partial charge is 0.457 e. The van der Waals surface area contributed by atoms with Crippen LogP contribution in [-0.2, 0) is 18.4 Å². The third-order valence-corrected chi connectivity index (χ3v) is 3.40. The minimum atomic E-state index is -1.01. The summed E-state index contributed by atoms with van der Waals surface area (Å²) in [4.78, 5) is 11.8. The smallest absolute Gasteiger partial charge is 0.341 e. The summed E-state index contributed by atoms with van der Waals surface area (Å²) in [6.45, 7) is 1.50. The van der Waals surface area contributed by atoms with Crippen LogP contribution in [0.2, 0.25) is 5.15 Å². The van der Waals surface area contributed by atoms with Gasteiger partial charge in [0.15, 0.2) is 0 Å². The van der Waals surface area contributed by atoms with Crippen molar-refractivity contribution in [1.29, 1.82) is 0 Å². The maximum absolute atomic E-state index is 13.6. The molecular formula is C13H12ClF2N3O2. The van der Waals surface area contributed by atoms with Gasteiger partial charge >= 0.3 is 5.97 Å². The molecule has 0 aliphatic heterocycles. The van der Waals surface area contributed by atoms with Crippen molar-refractivity contribution in [2.24, 2.45) is 7.05 Å². The first kappa shape index (κ1) is 15.2. The van der Waals surface area contributed by atoms with Gasteiger partial charge in [-0.3, -0.25) is 4.68 Å². The van der Waals surface area contributed by atoms with Gasteiger partial charge in [0.2, 0.25) is 0 Å². The fraction of sp³-hybridized carbons (Fsp3) is 0.231. The van der Waals surface area contributed by atoms with Crippen molar-refractivity contribution in [3.63, 3.8) is 0 Å². The number of aromatic nitrogens is 2. The molecule has 0 spiro atoms. The molecule has 5 nitrogen and oxygen atoms in total. The average molecular weight is 316 g/mol. The van der Waals surface area contributed by atoms with E-state index in [0.717, 1.165) is 6.07 Å². The third kappa shape index (κ3) is 2.97. The predicted molar refractivity (Wildman–Crippen MR) is 72.8 cm³/mol. The number of anilines is 1. The van der Waals surface area contributed by atoms with E-state index in [-0.39, 0.29) is 12.3 Å². The van der Waals surface area contributed by atoms with Crippen molar-refractivity contribution in [3.8, 4) is 0 Å². The molecule has 0 unspecified atom stereocenters. The Morgan fingerprint density at radius 2 is 2.10 bits per heavy atom. The summed E-state index contributed by atoms with van der Waals surface area (Å²) < 4.78 is 33.2. The highest BCUT2D eigenvalue weighted by Crippen LogP contribution is 2.21. The second-order valence-electron chi connectivity index (χ2n) is 4.41. The number of nitrogens with zero attached hydrogens (tertiary/aromatic N) is 2. The maximum Gasteiger partial charge on any atom is 0.341 e. The summed E-state index contributed by atoms with van der Waals surface area (Å²) >= 11 is 5.98. The lowest BCUT2D eigenvalue weighted by atomic mass is 10.2. The molecule has 0 amide bonds. The van der Waals surface area contributed by atoms with Crippen molar-refractivity contribution in [2.45, 2.75) is 13.5 Å². The quantitative estimate of drug-likeness (QED) is 0.698. The molecular weight excluding hydrogens is 304 g/mol. The zero-order valence-corrected chi connectivity index (χ0v) is 12.0. The Morgan fingerprint density at radius 1 is 1.43 bits per heavy atom. The van der Waals surface area contributed by atoms with Crippen LogP contribution in [0.25, 0.3) is 0 Å². The van der Waals surface area contributed by atoms with Crippen LogP contribution in [0.5, 0.6) is 0 Å². The van der Waals surface area contributed by atoms with Crippen LogP contribution in [-0.4, -0.2) is 15.7 Å². The van der Waals surface area contributed by atoms with Gasteiger partial charge in [-0.2, -0.15) is 5.10 Å². The second kappa shape index (κ2) is 5.69. The van der Waals surface area contributed by atoms with E-state index >= 15 is 0 Å².